The van der Waals surface area contributed by atoms with Gasteiger partial charge in [0, 0.05) is 31.9 Å². The molecule has 2 amide bonds. The number of hydrogen-bond donors (Lipinski definition) is 2. The van der Waals surface area contributed by atoms with Crippen molar-refractivity contribution in [1.82, 2.24) is 5.32 Å². The molecule has 1 fully saturated rings. The second-order valence-electron chi connectivity index (χ2n) is 7.82. The lowest BCUT2D eigenvalue weighted by molar-refractivity contribution is -0.124. The monoisotopic (exact) mass is 379 g/mol. The van der Waals surface area contributed by atoms with Crippen LogP contribution in [-0.2, 0) is 9.59 Å². The van der Waals surface area contributed by atoms with Gasteiger partial charge in [0.05, 0.1) is 6.54 Å². The van der Waals surface area contributed by atoms with Crippen LogP contribution in [-0.4, -0.2) is 32.5 Å². The number of nitrogens with one attached hydrogen (secondary N) is 2. The highest BCUT2D eigenvalue weighted by Gasteiger charge is 2.33. The molecule has 2 aromatic rings. The van der Waals surface area contributed by atoms with Crippen LogP contribution >= 0.6 is 0 Å². The summed E-state index contributed by atoms with van der Waals surface area (Å²) in [5.74, 6) is 0.527. The molecule has 5 heteroatoms. The fourth-order valence-corrected chi connectivity index (χ4v) is 3.37. The van der Waals surface area contributed by atoms with Crippen LogP contribution in [0.2, 0.25) is 0 Å². The van der Waals surface area contributed by atoms with Gasteiger partial charge in [-0.3, -0.25) is 9.59 Å². The van der Waals surface area contributed by atoms with Crippen LogP contribution < -0.4 is 15.5 Å². The van der Waals surface area contributed by atoms with Gasteiger partial charge < -0.3 is 15.5 Å². The highest BCUT2D eigenvalue weighted by atomic mass is 16.2. The maximum Gasteiger partial charge on any atom is 0.243 e. The van der Waals surface area contributed by atoms with Gasteiger partial charge in [-0.25, -0.2) is 0 Å². The van der Waals surface area contributed by atoms with E-state index in [1.165, 1.54) is 24.0 Å². The Morgan fingerprint density at radius 2 is 1.64 bits per heavy atom. The number of hydrogen-bond acceptors (Lipinski definition) is 3. The molecule has 0 spiro atoms. The highest BCUT2D eigenvalue weighted by molar-refractivity contribution is 5.94. The minimum atomic E-state index is -0.218. The summed E-state index contributed by atoms with van der Waals surface area (Å²) < 4.78 is 0. The fourth-order valence-electron chi connectivity index (χ4n) is 3.37. The molecule has 2 N–H and O–H groups in total. The van der Waals surface area contributed by atoms with Crippen molar-refractivity contribution in [3.05, 3.63) is 59.7 Å². The molecule has 3 rings (SSSR count). The third kappa shape index (κ3) is 5.59. The minimum Gasteiger partial charge on any atom is -0.378 e. The van der Waals surface area contributed by atoms with Crippen molar-refractivity contribution < 1.29 is 9.59 Å². The molecule has 5 nitrogen and oxygen atoms in total. The van der Waals surface area contributed by atoms with Crippen LogP contribution in [0.3, 0.4) is 0 Å². The normalized spacial score (nSPS) is 14.2. The Morgan fingerprint density at radius 3 is 2.21 bits per heavy atom. The molecule has 1 atom stereocenters. The summed E-state index contributed by atoms with van der Waals surface area (Å²) in [5, 5.41) is 5.58. The van der Waals surface area contributed by atoms with Gasteiger partial charge in [0.1, 0.15) is 0 Å². The standard InChI is InChI=1S/C23H29N3O2/c1-16-4-6-17(7-5-16)21(18-8-9-18)14-22(27)24-15-23(28)25-19-10-12-20(13-11-19)26(2)3/h4-7,10-13,18,21H,8-9,14-15H2,1-3H3,(H,24,27)(H,25,28). The molecule has 0 heterocycles. The first-order valence-electron chi connectivity index (χ1n) is 9.83. The molecule has 0 saturated heterocycles. The van der Waals surface area contributed by atoms with E-state index in [-0.39, 0.29) is 24.3 Å². The van der Waals surface area contributed by atoms with Crippen molar-refractivity contribution in [3.63, 3.8) is 0 Å². The van der Waals surface area contributed by atoms with E-state index >= 15 is 0 Å². The van der Waals surface area contributed by atoms with Crippen molar-refractivity contribution in [2.75, 3.05) is 30.9 Å². The number of aryl methyl sites for hydroxylation is 1. The Balaban J connectivity index is 1.48. The van der Waals surface area contributed by atoms with Crippen molar-refractivity contribution in [1.29, 1.82) is 0 Å². The first-order valence-corrected chi connectivity index (χ1v) is 9.83. The molecule has 0 bridgehead atoms. The predicted octanol–water partition coefficient (Wildman–Crippen LogP) is 3.70. The molecule has 0 aromatic heterocycles. The molecule has 1 unspecified atom stereocenters. The van der Waals surface area contributed by atoms with E-state index < -0.39 is 0 Å². The van der Waals surface area contributed by atoms with Gasteiger partial charge in [0.25, 0.3) is 0 Å². The van der Waals surface area contributed by atoms with E-state index in [1.54, 1.807) is 0 Å². The molecule has 0 radical (unpaired) electrons. The summed E-state index contributed by atoms with van der Waals surface area (Å²) >= 11 is 0. The Bertz CT molecular complexity index is 809. The summed E-state index contributed by atoms with van der Waals surface area (Å²) in [6.07, 6.45) is 2.78. The van der Waals surface area contributed by atoms with E-state index in [2.05, 4.69) is 41.8 Å². The van der Waals surface area contributed by atoms with Crippen LogP contribution in [0.15, 0.2) is 48.5 Å². The molecule has 1 aliphatic rings. The smallest absolute Gasteiger partial charge is 0.243 e. The van der Waals surface area contributed by atoms with Gasteiger partial charge in [-0.15, -0.1) is 0 Å². The molecule has 28 heavy (non-hydrogen) atoms. The SMILES string of the molecule is Cc1ccc(C(CC(=O)NCC(=O)Nc2ccc(N(C)C)cc2)C2CC2)cc1. The average Bonchev–Trinajstić information content (AvgIpc) is 3.51. The van der Waals surface area contributed by atoms with Gasteiger partial charge in [-0.1, -0.05) is 29.8 Å². The van der Waals surface area contributed by atoms with Gasteiger partial charge >= 0.3 is 0 Å². The lowest BCUT2D eigenvalue weighted by atomic mass is 9.90. The van der Waals surface area contributed by atoms with E-state index in [0.717, 1.165) is 11.4 Å². The number of benzene rings is 2. The molecule has 0 aliphatic heterocycles. The van der Waals surface area contributed by atoms with E-state index in [1.807, 2.05) is 43.3 Å². The van der Waals surface area contributed by atoms with Gasteiger partial charge in [0.15, 0.2) is 0 Å². The van der Waals surface area contributed by atoms with Crippen LogP contribution in [0.25, 0.3) is 0 Å². The van der Waals surface area contributed by atoms with E-state index in [4.69, 9.17) is 0 Å². The van der Waals surface area contributed by atoms with Crippen molar-refractivity contribution in [2.24, 2.45) is 5.92 Å². The number of rotatable bonds is 8. The van der Waals surface area contributed by atoms with Crippen LogP contribution in [0.5, 0.6) is 0 Å². The largest absolute Gasteiger partial charge is 0.378 e. The van der Waals surface area contributed by atoms with Crippen molar-refractivity contribution in [3.8, 4) is 0 Å². The second-order valence-corrected chi connectivity index (χ2v) is 7.82. The Kier molecular flexibility index (Phi) is 6.34. The lowest BCUT2D eigenvalue weighted by Gasteiger charge is -2.17. The number of carbonyl (C=O) groups excluding carboxylic acids is 2. The fraction of sp³-hybridized carbons (Fsp3) is 0.391. The molecule has 148 valence electrons. The number of amides is 2. The lowest BCUT2D eigenvalue weighted by Crippen LogP contribution is -2.33. The summed E-state index contributed by atoms with van der Waals surface area (Å²) in [4.78, 5) is 26.5. The molecule has 1 aliphatic carbocycles. The van der Waals surface area contributed by atoms with Gasteiger partial charge in [0.2, 0.25) is 11.8 Å². The Labute approximate surface area is 167 Å². The Hall–Kier alpha value is -2.82. The first kappa shape index (κ1) is 19.9. The third-order valence-electron chi connectivity index (χ3n) is 5.22. The van der Waals surface area contributed by atoms with E-state index in [9.17, 15) is 9.59 Å². The maximum absolute atomic E-state index is 12.4. The van der Waals surface area contributed by atoms with Crippen LogP contribution in [0.1, 0.15) is 36.3 Å². The summed E-state index contributed by atoms with van der Waals surface area (Å²) in [6.45, 7) is 2.05. The van der Waals surface area contributed by atoms with E-state index in [0.29, 0.717) is 12.3 Å². The topological polar surface area (TPSA) is 61.4 Å². The molecular weight excluding hydrogens is 350 g/mol. The summed E-state index contributed by atoms with van der Waals surface area (Å²) in [5.41, 5.74) is 4.22. The summed E-state index contributed by atoms with van der Waals surface area (Å²) in [6, 6.07) is 16.0. The van der Waals surface area contributed by atoms with Gasteiger partial charge in [-0.2, -0.15) is 0 Å². The average molecular weight is 380 g/mol. The van der Waals surface area contributed by atoms with Crippen LogP contribution in [0, 0.1) is 12.8 Å². The zero-order valence-electron chi connectivity index (χ0n) is 16.9. The Morgan fingerprint density at radius 1 is 1.00 bits per heavy atom. The second kappa shape index (κ2) is 8.91. The molecule has 1 saturated carbocycles. The summed E-state index contributed by atoms with van der Waals surface area (Å²) in [7, 11) is 3.93. The quantitative estimate of drug-likeness (QED) is 0.735. The third-order valence-corrected chi connectivity index (χ3v) is 5.22. The van der Waals surface area contributed by atoms with Gasteiger partial charge in [-0.05, 0) is 61.4 Å². The maximum atomic E-state index is 12.4. The number of carbonyl (C=O) groups is 2. The zero-order chi connectivity index (χ0) is 20.1. The molecular formula is C23H29N3O2. The minimum absolute atomic E-state index is 0.0143. The number of nitrogens with zero attached hydrogens (tertiary/aromatic N) is 1. The number of anilines is 2. The zero-order valence-corrected chi connectivity index (χ0v) is 16.9. The predicted molar refractivity (Wildman–Crippen MR) is 114 cm³/mol. The first-order chi connectivity index (χ1) is 13.4. The van der Waals surface area contributed by atoms with Crippen molar-refractivity contribution >= 4 is 23.2 Å². The highest BCUT2D eigenvalue weighted by Crippen LogP contribution is 2.44. The molecule has 2 aromatic carbocycles. The van der Waals surface area contributed by atoms with Crippen LogP contribution in [0.4, 0.5) is 11.4 Å². The van der Waals surface area contributed by atoms with Crippen molar-refractivity contribution in [2.45, 2.75) is 32.1 Å².